The van der Waals surface area contributed by atoms with E-state index in [1.165, 1.54) is 0 Å². The topological polar surface area (TPSA) is 83.1 Å². The van der Waals surface area contributed by atoms with Gasteiger partial charge in [0.15, 0.2) is 11.5 Å². The molecular weight excluding hydrogens is 348 g/mol. The molecule has 0 aromatic heterocycles. The van der Waals surface area contributed by atoms with Gasteiger partial charge in [-0.25, -0.2) is 4.79 Å². The van der Waals surface area contributed by atoms with Crippen molar-refractivity contribution in [1.82, 2.24) is 20.4 Å². The van der Waals surface area contributed by atoms with E-state index >= 15 is 0 Å². The highest BCUT2D eigenvalue weighted by molar-refractivity contribution is 5.78. The van der Waals surface area contributed by atoms with E-state index in [2.05, 4.69) is 15.5 Å². The van der Waals surface area contributed by atoms with E-state index in [-0.39, 0.29) is 24.8 Å². The monoisotopic (exact) mass is 376 g/mol. The van der Waals surface area contributed by atoms with Gasteiger partial charge in [-0.2, -0.15) is 0 Å². The Labute approximate surface area is 159 Å². The predicted molar refractivity (Wildman–Crippen MR) is 101 cm³/mol. The summed E-state index contributed by atoms with van der Waals surface area (Å²) in [5.41, 5.74) is 0.971. The highest BCUT2D eigenvalue weighted by Crippen LogP contribution is 2.34. The van der Waals surface area contributed by atoms with Crippen LogP contribution in [0.4, 0.5) is 4.79 Å². The lowest BCUT2D eigenvalue weighted by atomic mass is 10.1. The largest absolute Gasteiger partial charge is 0.454 e. The minimum Gasteiger partial charge on any atom is -0.454 e. The lowest BCUT2D eigenvalue weighted by Gasteiger charge is -2.35. The molecule has 3 rings (SSSR count). The molecule has 1 atom stereocenters. The highest BCUT2D eigenvalue weighted by atomic mass is 16.7. The molecule has 1 saturated heterocycles. The first-order valence-electron chi connectivity index (χ1n) is 9.51. The van der Waals surface area contributed by atoms with Crippen molar-refractivity contribution in [1.29, 1.82) is 0 Å². The van der Waals surface area contributed by atoms with E-state index < -0.39 is 0 Å². The molecule has 1 unspecified atom stereocenters. The summed E-state index contributed by atoms with van der Waals surface area (Å²) in [6.45, 7) is 7.94. The number of nitrogens with one attached hydrogen (secondary N) is 2. The van der Waals surface area contributed by atoms with Crippen LogP contribution in [0, 0.1) is 0 Å². The zero-order chi connectivity index (χ0) is 19.2. The molecule has 2 aliphatic rings. The van der Waals surface area contributed by atoms with Gasteiger partial charge in [0.25, 0.3) is 0 Å². The fraction of sp³-hybridized carbons (Fsp3) is 0.579. The molecule has 8 nitrogen and oxygen atoms in total. The minimum absolute atomic E-state index is 0.0474. The summed E-state index contributed by atoms with van der Waals surface area (Å²) in [7, 11) is 0. The molecule has 148 valence electrons. The van der Waals surface area contributed by atoms with Crippen molar-refractivity contribution in [3.63, 3.8) is 0 Å². The average molecular weight is 376 g/mol. The summed E-state index contributed by atoms with van der Waals surface area (Å²) in [5, 5.41) is 5.92. The summed E-state index contributed by atoms with van der Waals surface area (Å²) in [5.74, 6) is 1.49. The van der Waals surface area contributed by atoms with Gasteiger partial charge in [-0.1, -0.05) is 13.0 Å². The maximum absolute atomic E-state index is 12.5. The van der Waals surface area contributed by atoms with Crippen LogP contribution < -0.4 is 20.1 Å². The standard InChI is InChI=1S/C19H28N4O4/c1-3-6-20-18(24)12-22-7-9-23(10-8-22)19(25)21-14(2)15-4-5-16-17(11-15)27-13-26-16/h4-5,11,14H,3,6-10,12-13H2,1-2H3,(H,20,24)(H,21,25). The van der Waals surface area contributed by atoms with E-state index in [1.807, 2.05) is 32.0 Å². The maximum atomic E-state index is 12.5. The number of carbonyl (C=O) groups is 2. The first kappa shape index (κ1) is 19.3. The predicted octanol–water partition coefficient (Wildman–Crippen LogP) is 1.33. The Bertz CT molecular complexity index is 674. The summed E-state index contributed by atoms with van der Waals surface area (Å²) >= 11 is 0. The third-order valence-corrected chi connectivity index (χ3v) is 4.84. The van der Waals surface area contributed by atoms with Gasteiger partial charge in [-0.3, -0.25) is 9.69 Å². The van der Waals surface area contributed by atoms with E-state index in [9.17, 15) is 9.59 Å². The van der Waals surface area contributed by atoms with Crippen LogP contribution in [-0.2, 0) is 4.79 Å². The van der Waals surface area contributed by atoms with E-state index in [0.717, 1.165) is 17.7 Å². The highest BCUT2D eigenvalue weighted by Gasteiger charge is 2.24. The van der Waals surface area contributed by atoms with E-state index in [0.29, 0.717) is 45.0 Å². The first-order chi connectivity index (χ1) is 13.1. The molecule has 2 aliphatic heterocycles. The second-order valence-corrected chi connectivity index (χ2v) is 6.90. The van der Waals surface area contributed by atoms with Crippen molar-refractivity contribution in [3.05, 3.63) is 23.8 Å². The zero-order valence-corrected chi connectivity index (χ0v) is 16.0. The molecule has 0 saturated carbocycles. The van der Waals surface area contributed by atoms with Crippen LogP contribution in [0.1, 0.15) is 31.9 Å². The van der Waals surface area contributed by atoms with Crippen LogP contribution in [0.3, 0.4) is 0 Å². The number of piperazine rings is 1. The third kappa shape index (κ3) is 5.03. The smallest absolute Gasteiger partial charge is 0.317 e. The SMILES string of the molecule is CCCNC(=O)CN1CCN(C(=O)NC(C)c2ccc3c(c2)OCO3)CC1. The van der Waals surface area contributed by atoms with Gasteiger partial charge in [0.05, 0.1) is 12.6 Å². The summed E-state index contributed by atoms with van der Waals surface area (Å²) in [6.07, 6.45) is 0.932. The van der Waals surface area contributed by atoms with Gasteiger partial charge >= 0.3 is 6.03 Å². The minimum atomic E-state index is -0.134. The number of urea groups is 1. The van der Waals surface area contributed by atoms with Crippen LogP contribution in [0.2, 0.25) is 0 Å². The molecule has 3 amide bonds. The molecule has 8 heteroatoms. The Balaban J connectivity index is 1.44. The summed E-state index contributed by atoms with van der Waals surface area (Å²) in [6, 6.07) is 5.48. The molecule has 1 aromatic carbocycles. The number of carbonyl (C=O) groups excluding carboxylic acids is 2. The number of hydrogen-bond acceptors (Lipinski definition) is 5. The van der Waals surface area contributed by atoms with Gasteiger partial charge in [0, 0.05) is 32.7 Å². The summed E-state index contributed by atoms with van der Waals surface area (Å²) < 4.78 is 10.7. The molecule has 2 N–H and O–H groups in total. The number of fused-ring (bicyclic) bond motifs is 1. The van der Waals surface area contributed by atoms with Crippen LogP contribution in [0.15, 0.2) is 18.2 Å². The second-order valence-electron chi connectivity index (χ2n) is 6.90. The Hall–Kier alpha value is -2.48. The van der Waals surface area contributed by atoms with Crippen molar-refractivity contribution in [3.8, 4) is 11.5 Å². The van der Waals surface area contributed by atoms with Gasteiger partial charge in [-0.05, 0) is 31.0 Å². The second kappa shape index (κ2) is 8.94. The number of nitrogens with zero attached hydrogens (tertiary/aromatic N) is 2. The van der Waals surface area contributed by atoms with Gasteiger partial charge in [0.1, 0.15) is 0 Å². The molecule has 1 aromatic rings. The number of rotatable bonds is 6. The molecule has 27 heavy (non-hydrogen) atoms. The Morgan fingerprint density at radius 1 is 1.15 bits per heavy atom. The first-order valence-corrected chi connectivity index (χ1v) is 9.51. The molecule has 2 heterocycles. The Morgan fingerprint density at radius 2 is 1.89 bits per heavy atom. The molecular formula is C19H28N4O4. The van der Waals surface area contributed by atoms with Crippen molar-refractivity contribution >= 4 is 11.9 Å². The van der Waals surface area contributed by atoms with Crippen LogP contribution in [0.5, 0.6) is 11.5 Å². The maximum Gasteiger partial charge on any atom is 0.317 e. The fourth-order valence-electron chi connectivity index (χ4n) is 3.17. The van der Waals surface area contributed by atoms with Gasteiger partial charge in [-0.15, -0.1) is 0 Å². The molecule has 0 radical (unpaired) electrons. The lowest BCUT2D eigenvalue weighted by Crippen LogP contribution is -2.53. The average Bonchev–Trinajstić information content (AvgIpc) is 3.14. The lowest BCUT2D eigenvalue weighted by molar-refractivity contribution is -0.122. The molecule has 0 bridgehead atoms. The normalized spacial score (nSPS) is 17.5. The number of benzene rings is 1. The van der Waals surface area contributed by atoms with Crippen LogP contribution in [-0.4, -0.2) is 67.8 Å². The third-order valence-electron chi connectivity index (χ3n) is 4.84. The fourth-order valence-corrected chi connectivity index (χ4v) is 3.17. The Kier molecular flexibility index (Phi) is 6.39. The molecule has 0 spiro atoms. The van der Waals surface area contributed by atoms with Crippen molar-refractivity contribution in [2.75, 3.05) is 46.1 Å². The van der Waals surface area contributed by atoms with Crippen LogP contribution >= 0.6 is 0 Å². The van der Waals surface area contributed by atoms with E-state index in [4.69, 9.17) is 9.47 Å². The molecule has 0 aliphatic carbocycles. The van der Waals surface area contributed by atoms with Gasteiger partial charge < -0.3 is 25.0 Å². The molecule has 1 fully saturated rings. The Morgan fingerprint density at radius 3 is 2.63 bits per heavy atom. The van der Waals surface area contributed by atoms with Crippen LogP contribution in [0.25, 0.3) is 0 Å². The van der Waals surface area contributed by atoms with Gasteiger partial charge in [0.2, 0.25) is 12.7 Å². The van der Waals surface area contributed by atoms with Crippen molar-refractivity contribution in [2.24, 2.45) is 0 Å². The number of hydrogen-bond donors (Lipinski definition) is 2. The van der Waals surface area contributed by atoms with Crippen molar-refractivity contribution < 1.29 is 19.1 Å². The number of ether oxygens (including phenoxy) is 2. The summed E-state index contributed by atoms with van der Waals surface area (Å²) in [4.78, 5) is 28.2. The quantitative estimate of drug-likeness (QED) is 0.783. The number of amides is 3. The van der Waals surface area contributed by atoms with Crippen molar-refractivity contribution in [2.45, 2.75) is 26.3 Å². The zero-order valence-electron chi connectivity index (χ0n) is 16.0. The van der Waals surface area contributed by atoms with E-state index in [1.54, 1.807) is 4.90 Å².